The zero-order valence-electron chi connectivity index (χ0n) is 24.6. The topological polar surface area (TPSA) is 27.7 Å². The average Bonchev–Trinajstić information content (AvgIpc) is 2.63. The predicted octanol–water partition coefficient (Wildman–Crippen LogP) is 10.8. The van der Waals surface area contributed by atoms with Crippen LogP contribution >= 0.6 is 11.1 Å². The molecule has 34 heavy (non-hydrogen) atoms. The molecule has 0 saturated heterocycles. The molecule has 0 aliphatic carbocycles. The number of halogens is 1. The van der Waals surface area contributed by atoms with Gasteiger partial charge in [0, 0.05) is 0 Å². The number of hydrogen-bond donors (Lipinski definition) is 0. The quantitative estimate of drug-likeness (QED) is 0.0696. The molecule has 206 valence electrons. The summed E-state index contributed by atoms with van der Waals surface area (Å²) in [5.41, 5.74) is 0. The summed E-state index contributed by atoms with van der Waals surface area (Å²) in [6.45, 7) is 19.6. The van der Waals surface area contributed by atoms with Gasteiger partial charge < -0.3 is 12.3 Å². The highest BCUT2D eigenvalue weighted by Crippen LogP contribution is 2.27. The Morgan fingerprint density at radius 2 is 0.765 bits per heavy atom. The Morgan fingerprint density at radius 1 is 0.441 bits per heavy atom. The van der Waals surface area contributed by atoms with Gasteiger partial charge in [0.05, 0.1) is 0 Å². The molecule has 0 aromatic rings. The van der Waals surface area contributed by atoms with Crippen molar-refractivity contribution in [3.63, 3.8) is 0 Å². The second-order valence-corrected chi connectivity index (χ2v) is 29.8. The van der Waals surface area contributed by atoms with Crippen molar-refractivity contribution < 1.29 is 12.3 Å². The molecule has 0 unspecified atom stereocenters. The first-order valence-corrected chi connectivity index (χ1v) is 27.1. The van der Waals surface area contributed by atoms with Gasteiger partial charge in [-0.05, 0) is 58.4 Å². The van der Waals surface area contributed by atoms with Gasteiger partial charge in [-0.2, -0.15) is 0 Å². The monoisotopic (exact) mass is 568 g/mol. The van der Waals surface area contributed by atoms with Crippen LogP contribution in [0.3, 0.4) is 0 Å². The molecule has 0 atom stereocenters. The third-order valence-corrected chi connectivity index (χ3v) is 20.4. The Morgan fingerprint density at radius 3 is 1.12 bits per heavy atom. The standard InChI is InChI=1S/C26H61ClO3Si4/c1-10-11-12-13-14-15-16-17-18-19-20-21-22-23-24-25-26-31(2,3)28-33(6,7)30-34(8,9)29-32(4,5)27/h10-26H2,1-9H3. The Labute approximate surface area is 223 Å². The molecule has 0 N–H and O–H groups in total. The van der Waals surface area contributed by atoms with Crippen LogP contribution in [0.15, 0.2) is 0 Å². The largest absolute Gasteiger partial charge is 0.436 e. The molecule has 0 aromatic heterocycles. The van der Waals surface area contributed by atoms with E-state index in [1.165, 1.54) is 109 Å². The zero-order chi connectivity index (χ0) is 26.1. The lowest BCUT2D eigenvalue weighted by atomic mass is 10.0. The third kappa shape index (κ3) is 23.4. The van der Waals surface area contributed by atoms with Crippen molar-refractivity contribution in [2.24, 2.45) is 0 Å². The lowest BCUT2D eigenvalue weighted by Crippen LogP contribution is -2.55. The van der Waals surface area contributed by atoms with Gasteiger partial charge in [-0.15, -0.1) is 11.1 Å². The van der Waals surface area contributed by atoms with E-state index in [-0.39, 0.29) is 0 Å². The molecule has 3 nitrogen and oxygen atoms in total. The van der Waals surface area contributed by atoms with Crippen molar-refractivity contribution in [3.05, 3.63) is 0 Å². The summed E-state index contributed by atoms with van der Waals surface area (Å²) in [6, 6.07) is 1.23. The van der Waals surface area contributed by atoms with Crippen LogP contribution in [0.5, 0.6) is 0 Å². The minimum Gasteiger partial charge on any atom is -0.436 e. The lowest BCUT2D eigenvalue weighted by molar-refractivity contribution is 0.331. The van der Waals surface area contributed by atoms with E-state index >= 15 is 0 Å². The smallest absolute Gasteiger partial charge is 0.313 e. The summed E-state index contributed by atoms with van der Waals surface area (Å²) in [7, 11) is -8.33. The van der Waals surface area contributed by atoms with E-state index in [0.717, 1.165) is 0 Å². The van der Waals surface area contributed by atoms with Gasteiger partial charge in [0.15, 0.2) is 8.32 Å². The number of unbranched alkanes of at least 4 members (excludes halogenated alkanes) is 15. The normalized spacial score (nSPS) is 13.6. The van der Waals surface area contributed by atoms with E-state index in [1.807, 2.05) is 13.1 Å². The summed E-state index contributed by atoms with van der Waals surface area (Å²) >= 11 is 6.42. The predicted molar refractivity (Wildman–Crippen MR) is 163 cm³/mol. The fourth-order valence-electron chi connectivity index (χ4n) is 5.03. The van der Waals surface area contributed by atoms with Crippen LogP contribution in [0.25, 0.3) is 0 Å². The zero-order valence-corrected chi connectivity index (χ0v) is 29.4. The van der Waals surface area contributed by atoms with Crippen LogP contribution in [-0.4, -0.2) is 33.1 Å². The Hall–Kier alpha value is 1.04. The van der Waals surface area contributed by atoms with E-state index in [2.05, 4.69) is 46.2 Å². The average molecular weight is 570 g/mol. The summed E-state index contributed by atoms with van der Waals surface area (Å²) < 4.78 is 19.3. The summed E-state index contributed by atoms with van der Waals surface area (Å²) in [6.07, 6.45) is 22.7. The molecular formula is C26H61ClO3Si4. The van der Waals surface area contributed by atoms with Crippen molar-refractivity contribution in [1.29, 1.82) is 0 Å². The van der Waals surface area contributed by atoms with Crippen LogP contribution < -0.4 is 0 Å². The fraction of sp³-hybridized carbons (Fsp3) is 1.00. The molecule has 0 heterocycles. The van der Waals surface area contributed by atoms with E-state index < -0.39 is 33.1 Å². The van der Waals surface area contributed by atoms with Crippen molar-refractivity contribution in [2.45, 2.75) is 168 Å². The first-order valence-electron chi connectivity index (χ1n) is 14.5. The van der Waals surface area contributed by atoms with Gasteiger partial charge in [0.1, 0.15) is 0 Å². The van der Waals surface area contributed by atoms with Gasteiger partial charge in [0.2, 0.25) is 0 Å². The highest BCUT2D eigenvalue weighted by atomic mass is 35.6. The minimum atomic E-state index is -2.26. The second kappa shape index (κ2) is 18.3. The third-order valence-electron chi connectivity index (χ3n) is 6.13. The van der Waals surface area contributed by atoms with Crippen LogP contribution in [0.4, 0.5) is 0 Å². The molecule has 0 aliphatic rings. The van der Waals surface area contributed by atoms with E-state index in [1.54, 1.807) is 0 Å². The first-order chi connectivity index (χ1) is 15.7. The molecule has 0 spiro atoms. The summed E-state index contributed by atoms with van der Waals surface area (Å²) in [5.74, 6) is 0. The fourth-order valence-corrected chi connectivity index (χ4v) is 24.0. The van der Waals surface area contributed by atoms with Gasteiger partial charge in [-0.3, -0.25) is 0 Å². The summed E-state index contributed by atoms with van der Waals surface area (Å²) in [4.78, 5) is 0. The molecule has 0 rings (SSSR count). The van der Waals surface area contributed by atoms with Gasteiger partial charge in [0.25, 0.3) is 7.63 Å². The Kier molecular flexibility index (Phi) is 18.9. The summed E-state index contributed by atoms with van der Waals surface area (Å²) in [5, 5.41) is 0. The van der Waals surface area contributed by atoms with E-state index in [9.17, 15) is 0 Å². The molecule has 0 aromatic carbocycles. The molecular weight excluding hydrogens is 508 g/mol. The Balaban J connectivity index is 3.79. The van der Waals surface area contributed by atoms with Crippen LogP contribution in [0.1, 0.15) is 110 Å². The van der Waals surface area contributed by atoms with Crippen molar-refractivity contribution in [2.75, 3.05) is 0 Å². The highest BCUT2D eigenvalue weighted by Gasteiger charge is 2.42. The van der Waals surface area contributed by atoms with Gasteiger partial charge in [-0.1, -0.05) is 110 Å². The second-order valence-electron chi connectivity index (χ2n) is 12.3. The molecule has 0 fully saturated rings. The molecule has 0 amide bonds. The van der Waals surface area contributed by atoms with Crippen LogP contribution in [-0.2, 0) is 12.3 Å². The van der Waals surface area contributed by atoms with Crippen molar-refractivity contribution >= 4 is 44.1 Å². The maximum atomic E-state index is 6.68. The van der Waals surface area contributed by atoms with E-state index in [4.69, 9.17) is 23.4 Å². The number of hydrogen-bond acceptors (Lipinski definition) is 3. The van der Waals surface area contributed by atoms with Gasteiger partial charge in [-0.25, -0.2) is 0 Å². The maximum Gasteiger partial charge on any atom is 0.313 e. The Bertz CT molecular complexity index is 497. The highest BCUT2D eigenvalue weighted by molar-refractivity contribution is 7.17. The molecule has 0 radical (unpaired) electrons. The minimum absolute atomic E-state index is 1.23. The van der Waals surface area contributed by atoms with Crippen LogP contribution in [0.2, 0.25) is 58.4 Å². The van der Waals surface area contributed by atoms with Crippen LogP contribution in [0, 0.1) is 0 Å². The SMILES string of the molecule is CCCCCCCCCCCCCCCCCC[Si](C)(C)O[Si](C)(C)O[Si](C)(C)O[Si](C)(C)Cl. The van der Waals surface area contributed by atoms with Crippen molar-refractivity contribution in [1.82, 2.24) is 0 Å². The molecule has 0 bridgehead atoms. The van der Waals surface area contributed by atoms with Gasteiger partial charge >= 0.3 is 17.1 Å². The molecule has 8 heteroatoms. The molecule has 0 aliphatic heterocycles. The molecule has 0 saturated carbocycles. The first kappa shape index (κ1) is 35.0. The van der Waals surface area contributed by atoms with E-state index in [0.29, 0.717) is 0 Å². The lowest BCUT2D eigenvalue weighted by Gasteiger charge is -2.39. The van der Waals surface area contributed by atoms with Crippen molar-refractivity contribution in [3.8, 4) is 0 Å². The number of rotatable bonds is 23. The maximum absolute atomic E-state index is 6.68.